The van der Waals surface area contributed by atoms with Crippen LogP contribution in [0.2, 0.25) is 0 Å². The largest absolute Gasteiger partial charge is 0.457 e. The predicted molar refractivity (Wildman–Crippen MR) is 106 cm³/mol. The van der Waals surface area contributed by atoms with E-state index < -0.39 is 6.10 Å². The second kappa shape index (κ2) is 9.36. The molecule has 0 saturated heterocycles. The number of hydrogen-bond donors (Lipinski definition) is 1. The molecule has 5 nitrogen and oxygen atoms in total. The topological polar surface area (TPSA) is 71.3 Å². The molecular weight excluding hydrogens is 352 g/mol. The van der Waals surface area contributed by atoms with E-state index in [9.17, 15) is 4.79 Å². The van der Waals surface area contributed by atoms with Crippen molar-refractivity contribution in [2.75, 3.05) is 7.11 Å². The maximum atomic E-state index is 12.6. The summed E-state index contributed by atoms with van der Waals surface area (Å²) in [5.41, 5.74) is 2.19. The van der Waals surface area contributed by atoms with E-state index >= 15 is 0 Å². The highest BCUT2D eigenvalue weighted by molar-refractivity contribution is 5.82. The van der Waals surface area contributed by atoms with Crippen LogP contribution >= 0.6 is 0 Å². The van der Waals surface area contributed by atoms with Gasteiger partial charge in [-0.25, -0.2) is 0 Å². The molecule has 3 aromatic rings. The number of para-hydroxylation sites is 1. The smallest absolute Gasteiger partial charge is 0.254 e. The maximum Gasteiger partial charge on any atom is 0.254 e. The molecule has 0 aromatic heterocycles. The Morgan fingerprint density at radius 1 is 1.00 bits per heavy atom. The molecule has 3 aromatic carbocycles. The third-order valence-corrected chi connectivity index (χ3v) is 4.16. The van der Waals surface area contributed by atoms with Crippen LogP contribution in [0.3, 0.4) is 0 Å². The van der Waals surface area contributed by atoms with Gasteiger partial charge in [0.1, 0.15) is 11.5 Å². The standard InChI is InChI=1S/C23H20N2O3/c1-27-22(23(26)25-16-18-12-10-17(15-24)11-13-18)19-6-5-9-21(14-19)28-20-7-3-2-4-8-20/h2-14,22H,16H2,1H3,(H,25,26)/t22-/m0/s1. The third kappa shape index (κ3) is 4.97. The Labute approximate surface area is 164 Å². The van der Waals surface area contributed by atoms with Crippen molar-refractivity contribution in [3.8, 4) is 17.6 Å². The number of nitrogens with one attached hydrogen (secondary N) is 1. The highest BCUT2D eigenvalue weighted by Gasteiger charge is 2.20. The lowest BCUT2D eigenvalue weighted by Gasteiger charge is -2.17. The van der Waals surface area contributed by atoms with Gasteiger partial charge in [0.15, 0.2) is 6.10 Å². The van der Waals surface area contributed by atoms with E-state index in [1.54, 1.807) is 18.2 Å². The number of nitrogens with zero attached hydrogens (tertiary/aromatic N) is 1. The molecule has 0 bridgehead atoms. The van der Waals surface area contributed by atoms with Crippen molar-refractivity contribution in [3.63, 3.8) is 0 Å². The van der Waals surface area contributed by atoms with Crippen molar-refractivity contribution in [1.29, 1.82) is 5.26 Å². The zero-order valence-electron chi connectivity index (χ0n) is 15.5. The number of ether oxygens (including phenoxy) is 2. The molecule has 0 unspecified atom stereocenters. The molecule has 1 atom stereocenters. The highest BCUT2D eigenvalue weighted by atomic mass is 16.5. The number of rotatable bonds is 7. The molecule has 3 rings (SSSR count). The Morgan fingerprint density at radius 3 is 2.39 bits per heavy atom. The monoisotopic (exact) mass is 372 g/mol. The number of carbonyl (C=O) groups is 1. The fraction of sp³-hybridized carbons (Fsp3) is 0.130. The lowest BCUT2D eigenvalue weighted by atomic mass is 10.1. The van der Waals surface area contributed by atoms with Gasteiger partial charge in [-0.05, 0) is 47.5 Å². The minimum absolute atomic E-state index is 0.247. The first-order valence-corrected chi connectivity index (χ1v) is 8.82. The summed E-state index contributed by atoms with van der Waals surface area (Å²) in [6, 6.07) is 25.9. The van der Waals surface area contributed by atoms with Crippen molar-refractivity contribution in [2.45, 2.75) is 12.6 Å². The van der Waals surface area contributed by atoms with Crippen LogP contribution in [0.4, 0.5) is 0 Å². The summed E-state index contributed by atoms with van der Waals surface area (Å²) in [5.74, 6) is 1.10. The van der Waals surface area contributed by atoms with Gasteiger partial charge in [-0.15, -0.1) is 0 Å². The van der Waals surface area contributed by atoms with Crippen LogP contribution in [0.1, 0.15) is 22.8 Å². The zero-order chi connectivity index (χ0) is 19.8. The first-order valence-electron chi connectivity index (χ1n) is 8.82. The van der Waals surface area contributed by atoms with Gasteiger partial charge in [-0.3, -0.25) is 4.79 Å². The van der Waals surface area contributed by atoms with Crippen molar-refractivity contribution in [1.82, 2.24) is 5.32 Å². The summed E-state index contributed by atoms with van der Waals surface area (Å²) in [4.78, 5) is 12.6. The first kappa shape index (κ1) is 19.2. The molecule has 0 saturated carbocycles. The fourth-order valence-electron chi connectivity index (χ4n) is 2.74. The van der Waals surface area contributed by atoms with Crippen LogP contribution in [-0.2, 0) is 16.1 Å². The normalized spacial score (nSPS) is 11.3. The molecule has 5 heteroatoms. The van der Waals surface area contributed by atoms with Crippen LogP contribution < -0.4 is 10.1 Å². The van der Waals surface area contributed by atoms with Crippen molar-refractivity contribution >= 4 is 5.91 Å². The number of methoxy groups -OCH3 is 1. The van der Waals surface area contributed by atoms with E-state index in [-0.39, 0.29) is 5.91 Å². The number of nitriles is 1. The van der Waals surface area contributed by atoms with Crippen molar-refractivity contribution < 1.29 is 14.3 Å². The van der Waals surface area contributed by atoms with Crippen LogP contribution in [-0.4, -0.2) is 13.0 Å². The minimum atomic E-state index is -0.752. The van der Waals surface area contributed by atoms with Crippen molar-refractivity contribution in [3.05, 3.63) is 95.6 Å². The lowest BCUT2D eigenvalue weighted by Crippen LogP contribution is -2.30. The molecule has 140 valence electrons. The maximum absolute atomic E-state index is 12.6. The second-order valence-corrected chi connectivity index (χ2v) is 6.13. The van der Waals surface area contributed by atoms with E-state index in [4.69, 9.17) is 14.7 Å². The molecule has 1 N–H and O–H groups in total. The second-order valence-electron chi connectivity index (χ2n) is 6.13. The van der Waals surface area contributed by atoms with Gasteiger partial charge in [0.2, 0.25) is 0 Å². The number of carbonyl (C=O) groups excluding carboxylic acids is 1. The molecule has 0 radical (unpaired) electrons. The Bertz CT molecular complexity index is 963. The molecule has 0 spiro atoms. The number of hydrogen-bond acceptors (Lipinski definition) is 4. The van der Waals surface area contributed by atoms with E-state index in [0.717, 1.165) is 11.3 Å². The summed E-state index contributed by atoms with van der Waals surface area (Å²) in [7, 11) is 1.50. The summed E-state index contributed by atoms with van der Waals surface area (Å²) in [6.45, 7) is 0.352. The van der Waals surface area contributed by atoms with Crippen LogP contribution in [0, 0.1) is 11.3 Å². The minimum Gasteiger partial charge on any atom is -0.457 e. The SMILES string of the molecule is CO[C@H](C(=O)NCc1ccc(C#N)cc1)c1cccc(Oc2ccccc2)c1. The Kier molecular flexibility index (Phi) is 6.40. The molecule has 0 aliphatic carbocycles. The molecule has 28 heavy (non-hydrogen) atoms. The Hall–Kier alpha value is -3.62. The Morgan fingerprint density at radius 2 is 1.71 bits per heavy atom. The lowest BCUT2D eigenvalue weighted by molar-refractivity contribution is -0.131. The van der Waals surface area contributed by atoms with Gasteiger partial charge < -0.3 is 14.8 Å². The summed E-state index contributed by atoms with van der Waals surface area (Å²) >= 11 is 0. The average molecular weight is 372 g/mol. The Balaban J connectivity index is 1.67. The van der Waals surface area contributed by atoms with Gasteiger partial charge in [-0.1, -0.05) is 42.5 Å². The summed E-state index contributed by atoms with van der Waals surface area (Å²) in [5, 5.41) is 11.7. The first-order chi connectivity index (χ1) is 13.7. The fourth-order valence-corrected chi connectivity index (χ4v) is 2.74. The molecule has 0 aliphatic heterocycles. The van der Waals surface area contributed by atoms with E-state index in [1.165, 1.54) is 7.11 Å². The quantitative estimate of drug-likeness (QED) is 0.669. The summed E-state index contributed by atoms with van der Waals surface area (Å²) < 4.78 is 11.2. The van der Waals surface area contributed by atoms with Crippen molar-refractivity contribution in [2.24, 2.45) is 0 Å². The molecule has 0 fully saturated rings. The van der Waals surface area contributed by atoms with Gasteiger partial charge in [0, 0.05) is 13.7 Å². The van der Waals surface area contributed by atoms with Gasteiger partial charge >= 0.3 is 0 Å². The number of amides is 1. The van der Waals surface area contributed by atoms with E-state index in [1.807, 2.05) is 60.7 Å². The van der Waals surface area contributed by atoms with E-state index in [2.05, 4.69) is 11.4 Å². The molecular formula is C23H20N2O3. The summed E-state index contributed by atoms with van der Waals surface area (Å²) in [6.07, 6.45) is -0.752. The van der Waals surface area contributed by atoms with Gasteiger partial charge in [-0.2, -0.15) is 5.26 Å². The predicted octanol–water partition coefficient (Wildman–Crippen LogP) is 4.35. The zero-order valence-corrected chi connectivity index (χ0v) is 15.5. The average Bonchev–Trinajstić information content (AvgIpc) is 2.74. The van der Waals surface area contributed by atoms with Crippen LogP contribution in [0.5, 0.6) is 11.5 Å². The van der Waals surface area contributed by atoms with Gasteiger partial charge in [0.25, 0.3) is 5.91 Å². The molecule has 0 aliphatic rings. The van der Waals surface area contributed by atoms with E-state index in [0.29, 0.717) is 23.4 Å². The highest BCUT2D eigenvalue weighted by Crippen LogP contribution is 2.26. The van der Waals surface area contributed by atoms with Gasteiger partial charge in [0.05, 0.1) is 11.6 Å². The molecule has 0 heterocycles. The van der Waals surface area contributed by atoms with Crippen LogP contribution in [0.25, 0.3) is 0 Å². The van der Waals surface area contributed by atoms with Crippen LogP contribution in [0.15, 0.2) is 78.9 Å². The third-order valence-electron chi connectivity index (χ3n) is 4.16. The number of benzene rings is 3. The molecule has 1 amide bonds.